The van der Waals surface area contributed by atoms with Gasteiger partial charge in [0.15, 0.2) is 0 Å². The highest BCUT2D eigenvalue weighted by Crippen LogP contribution is 2.31. The predicted octanol–water partition coefficient (Wildman–Crippen LogP) is 3.83. The summed E-state index contributed by atoms with van der Waals surface area (Å²) in [6.07, 6.45) is 3.50. The quantitative estimate of drug-likeness (QED) is 0.596. The zero-order chi connectivity index (χ0) is 14.2. The maximum atomic E-state index is 4.23. The molecule has 1 atom stereocenters. The molecular weight excluding hydrogens is 220 g/mol. The summed E-state index contributed by atoms with van der Waals surface area (Å²) in [5, 5.41) is 3.72. The van der Waals surface area contributed by atoms with Gasteiger partial charge in [0, 0.05) is 11.6 Å². The van der Waals surface area contributed by atoms with E-state index in [-0.39, 0.29) is 5.54 Å². The van der Waals surface area contributed by atoms with Gasteiger partial charge in [0.05, 0.1) is 0 Å². The molecule has 0 spiro atoms. The fourth-order valence-electron chi connectivity index (χ4n) is 3.25. The van der Waals surface area contributed by atoms with Crippen LogP contribution < -0.4 is 5.32 Å². The summed E-state index contributed by atoms with van der Waals surface area (Å²) in [5.41, 5.74) is 1.48. The van der Waals surface area contributed by atoms with Crippen LogP contribution in [0.5, 0.6) is 0 Å². The van der Waals surface area contributed by atoms with Crippen LogP contribution >= 0.6 is 0 Å². The van der Waals surface area contributed by atoms with Crippen molar-refractivity contribution < 1.29 is 0 Å². The highest BCUT2D eigenvalue weighted by Gasteiger charge is 2.39. The summed E-state index contributed by atoms with van der Waals surface area (Å²) >= 11 is 0. The maximum Gasteiger partial charge on any atom is 0.0460 e. The van der Waals surface area contributed by atoms with Gasteiger partial charge < -0.3 is 5.32 Å². The standard InChI is InChI=1S/C16H34N2/c1-8-13-17-15(14(6)7)16(9-2,10-3)18(11-4)12-5/h15,17H,6,8-13H2,1-5,7H3. The third-order valence-corrected chi connectivity index (χ3v) is 4.25. The molecule has 0 aliphatic rings. The largest absolute Gasteiger partial charge is 0.309 e. The first-order valence-corrected chi connectivity index (χ1v) is 7.67. The third-order valence-electron chi connectivity index (χ3n) is 4.25. The monoisotopic (exact) mass is 254 g/mol. The van der Waals surface area contributed by atoms with Crippen molar-refractivity contribution in [2.75, 3.05) is 19.6 Å². The van der Waals surface area contributed by atoms with E-state index < -0.39 is 0 Å². The third kappa shape index (κ3) is 3.83. The highest BCUT2D eigenvalue weighted by atomic mass is 15.2. The van der Waals surface area contributed by atoms with Crippen molar-refractivity contribution in [3.05, 3.63) is 12.2 Å². The first-order valence-electron chi connectivity index (χ1n) is 7.67. The number of nitrogens with zero attached hydrogens (tertiary/aromatic N) is 1. The molecule has 0 aromatic rings. The van der Waals surface area contributed by atoms with Gasteiger partial charge in [0.25, 0.3) is 0 Å². The van der Waals surface area contributed by atoms with Crippen LogP contribution in [0.25, 0.3) is 0 Å². The number of likely N-dealkylation sites (N-methyl/N-ethyl adjacent to an activating group) is 1. The Morgan fingerprint density at radius 2 is 1.61 bits per heavy atom. The van der Waals surface area contributed by atoms with Crippen LogP contribution in [0.3, 0.4) is 0 Å². The van der Waals surface area contributed by atoms with Gasteiger partial charge in [0.1, 0.15) is 0 Å². The van der Waals surface area contributed by atoms with Crippen LogP contribution in [-0.2, 0) is 0 Å². The van der Waals surface area contributed by atoms with Crippen LogP contribution in [0.4, 0.5) is 0 Å². The molecule has 2 nitrogen and oxygen atoms in total. The fraction of sp³-hybridized carbons (Fsp3) is 0.875. The minimum absolute atomic E-state index is 0.213. The molecule has 2 heteroatoms. The van der Waals surface area contributed by atoms with Crippen molar-refractivity contribution in [1.29, 1.82) is 0 Å². The van der Waals surface area contributed by atoms with E-state index in [0.29, 0.717) is 6.04 Å². The second kappa shape index (κ2) is 8.71. The van der Waals surface area contributed by atoms with Crippen LogP contribution in [0.15, 0.2) is 12.2 Å². The van der Waals surface area contributed by atoms with E-state index in [9.17, 15) is 0 Å². The molecule has 0 radical (unpaired) electrons. The van der Waals surface area contributed by atoms with Crippen molar-refractivity contribution in [3.63, 3.8) is 0 Å². The lowest BCUT2D eigenvalue weighted by molar-refractivity contribution is 0.0614. The van der Waals surface area contributed by atoms with Crippen molar-refractivity contribution in [3.8, 4) is 0 Å². The second-order valence-electron chi connectivity index (χ2n) is 5.22. The molecule has 1 N–H and O–H groups in total. The Morgan fingerprint density at radius 1 is 1.11 bits per heavy atom. The molecular formula is C16H34N2. The molecule has 0 bridgehead atoms. The molecule has 0 rings (SSSR count). The zero-order valence-corrected chi connectivity index (χ0v) is 13.5. The average Bonchev–Trinajstić information content (AvgIpc) is 2.37. The molecule has 0 saturated heterocycles. The van der Waals surface area contributed by atoms with Gasteiger partial charge in [-0.2, -0.15) is 0 Å². The summed E-state index contributed by atoms with van der Waals surface area (Å²) in [5.74, 6) is 0. The zero-order valence-electron chi connectivity index (χ0n) is 13.5. The topological polar surface area (TPSA) is 15.3 Å². The van der Waals surface area contributed by atoms with Gasteiger partial charge in [-0.3, -0.25) is 4.90 Å². The first-order chi connectivity index (χ1) is 8.53. The normalized spacial score (nSPS) is 13.9. The van der Waals surface area contributed by atoms with Crippen LogP contribution in [0.1, 0.15) is 60.8 Å². The van der Waals surface area contributed by atoms with E-state index in [1.165, 1.54) is 24.8 Å². The van der Waals surface area contributed by atoms with E-state index in [0.717, 1.165) is 19.6 Å². The molecule has 1 unspecified atom stereocenters. The Balaban J connectivity index is 5.27. The maximum absolute atomic E-state index is 4.23. The van der Waals surface area contributed by atoms with Gasteiger partial charge in [-0.05, 0) is 45.8 Å². The fourth-order valence-corrected chi connectivity index (χ4v) is 3.25. The summed E-state index contributed by atoms with van der Waals surface area (Å²) < 4.78 is 0. The van der Waals surface area contributed by atoms with E-state index in [2.05, 4.69) is 58.3 Å². The molecule has 18 heavy (non-hydrogen) atoms. The summed E-state index contributed by atoms with van der Waals surface area (Å²) in [4.78, 5) is 2.61. The minimum Gasteiger partial charge on any atom is -0.309 e. The van der Waals surface area contributed by atoms with Crippen molar-refractivity contribution in [2.45, 2.75) is 72.4 Å². The van der Waals surface area contributed by atoms with Crippen LogP contribution in [0, 0.1) is 0 Å². The first kappa shape index (κ1) is 17.7. The lowest BCUT2D eigenvalue weighted by Gasteiger charge is -2.48. The SMILES string of the molecule is C=C(C)C(NCCC)C(CC)(CC)N(CC)CC. The molecule has 0 aromatic heterocycles. The number of hydrogen-bond donors (Lipinski definition) is 1. The molecule has 108 valence electrons. The Bertz CT molecular complexity index is 227. The van der Waals surface area contributed by atoms with Crippen molar-refractivity contribution in [1.82, 2.24) is 10.2 Å². The molecule has 0 aromatic carbocycles. The van der Waals surface area contributed by atoms with Gasteiger partial charge in [0.2, 0.25) is 0 Å². The molecule has 0 aliphatic heterocycles. The van der Waals surface area contributed by atoms with Crippen LogP contribution in [0.2, 0.25) is 0 Å². The molecule has 0 heterocycles. The van der Waals surface area contributed by atoms with Crippen LogP contribution in [-0.4, -0.2) is 36.1 Å². The number of nitrogens with one attached hydrogen (secondary N) is 1. The summed E-state index contributed by atoms with van der Waals surface area (Å²) in [7, 11) is 0. The predicted molar refractivity (Wildman–Crippen MR) is 83.1 cm³/mol. The Morgan fingerprint density at radius 3 is 1.89 bits per heavy atom. The lowest BCUT2D eigenvalue weighted by atomic mass is 9.79. The Hall–Kier alpha value is -0.340. The Kier molecular flexibility index (Phi) is 8.54. The van der Waals surface area contributed by atoms with Crippen molar-refractivity contribution in [2.24, 2.45) is 0 Å². The smallest absolute Gasteiger partial charge is 0.0460 e. The molecule has 0 saturated carbocycles. The number of hydrogen-bond acceptors (Lipinski definition) is 2. The molecule has 0 aliphatic carbocycles. The summed E-state index contributed by atoms with van der Waals surface area (Å²) in [6.45, 7) is 21.0. The summed E-state index contributed by atoms with van der Waals surface area (Å²) in [6, 6.07) is 0.396. The van der Waals surface area contributed by atoms with Crippen molar-refractivity contribution >= 4 is 0 Å². The van der Waals surface area contributed by atoms with E-state index in [4.69, 9.17) is 0 Å². The van der Waals surface area contributed by atoms with Gasteiger partial charge in [-0.1, -0.05) is 46.8 Å². The minimum atomic E-state index is 0.213. The Labute approximate surface area is 115 Å². The van der Waals surface area contributed by atoms with Gasteiger partial charge in [-0.25, -0.2) is 0 Å². The molecule has 0 fully saturated rings. The second-order valence-corrected chi connectivity index (χ2v) is 5.22. The highest BCUT2D eigenvalue weighted by molar-refractivity contribution is 5.14. The van der Waals surface area contributed by atoms with Gasteiger partial charge in [-0.15, -0.1) is 0 Å². The number of rotatable bonds is 10. The van der Waals surface area contributed by atoms with E-state index in [1.807, 2.05) is 0 Å². The van der Waals surface area contributed by atoms with E-state index in [1.54, 1.807) is 0 Å². The average molecular weight is 254 g/mol. The van der Waals surface area contributed by atoms with Gasteiger partial charge >= 0.3 is 0 Å². The molecule has 0 amide bonds. The van der Waals surface area contributed by atoms with E-state index >= 15 is 0 Å². The lowest BCUT2D eigenvalue weighted by Crippen LogP contribution is -2.61.